The Balaban J connectivity index is 2.50. The summed E-state index contributed by atoms with van der Waals surface area (Å²) in [6, 6.07) is -0.123. The second kappa shape index (κ2) is 7.16. The van der Waals surface area contributed by atoms with Crippen molar-refractivity contribution in [3.63, 3.8) is 0 Å². The third kappa shape index (κ3) is 5.50. The maximum absolute atomic E-state index is 11.9. The van der Waals surface area contributed by atoms with E-state index in [0.29, 0.717) is 6.42 Å². The number of nitrogens with one attached hydrogen (secondary N) is 1. The van der Waals surface area contributed by atoms with E-state index in [1.54, 1.807) is 0 Å². The van der Waals surface area contributed by atoms with Gasteiger partial charge in [-0.15, -0.1) is 0 Å². The third-order valence-corrected chi connectivity index (χ3v) is 3.20. The Morgan fingerprint density at radius 2 is 2.24 bits per heavy atom. The van der Waals surface area contributed by atoms with Crippen LogP contribution in [0, 0.1) is 15.5 Å². The van der Waals surface area contributed by atoms with Gasteiger partial charge in [0.05, 0.1) is 4.92 Å². The lowest BCUT2D eigenvalue weighted by molar-refractivity contribution is -0.385. The fourth-order valence-electron chi connectivity index (χ4n) is 1.90. The Labute approximate surface area is 123 Å². The van der Waals surface area contributed by atoms with Gasteiger partial charge >= 0.3 is 5.69 Å². The predicted octanol–water partition coefficient (Wildman–Crippen LogP) is 1.09. The quantitative estimate of drug-likeness (QED) is 0.578. The van der Waals surface area contributed by atoms with E-state index in [4.69, 9.17) is 5.11 Å². The smallest absolute Gasteiger partial charge is 0.306 e. The highest BCUT2D eigenvalue weighted by Crippen LogP contribution is 2.21. The lowest BCUT2D eigenvalue weighted by atomic mass is 9.85. The number of aryl methyl sites for hydroxylation is 1. The molecule has 118 valence electrons. The summed E-state index contributed by atoms with van der Waals surface area (Å²) < 4.78 is 1.37. The van der Waals surface area contributed by atoms with E-state index in [2.05, 4.69) is 10.4 Å². The minimum absolute atomic E-state index is 0.00751. The average Bonchev–Trinajstić information content (AvgIpc) is 2.83. The van der Waals surface area contributed by atoms with Crippen LogP contribution >= 0.6 is 0 Å². The molecule has 1 rings (SSSR count). The lowest BCUT2D eigenvalue weighted by Gasteiger charge is -2.31. The molecule has 0 bridgehead atoms. The van der Waals surface area contributed by atoms with Crippen LogP contribution in [0.5, 0.6) is 0 Å². The van der Waals surface area contributed by atoms with Gasteiger partial charge in [-0.05, 0) is 11.8 Å². The summed E-state index contributed by atoms with van der Waals surface area (Å²) in [5.74, 6) is -0.165. The number of aromatic nitrogens is 2. The Bertz CT molecular complexity index is 493. The zero-order valence-electron chi connectivity index (χ0n) is 12.6. The molecule has 0 aliphatic rings. The molecule has 0 radical (unpaired) electrons. The molecular weight excluding hydrogens is 276 g/mol. The summed E-state index contributed by atoms with van der Waals surface area (Å²) in [5, 5.41) is 26.3. The highest BCUT2D eigenvalue weighted by atomic mass is 16.6. The van der Waals surface area contributed by atoms with Crippen molar-refractivity contribution in [3.05, 3.63) is 22.5 Å². The molecular formula is C13H22N4O4. The third-order valence-electron chi connectivity index (χ3n) is 3.20. The van der Waals surface area contributed by atoms with Gasteiger partial charge in [0.15, 0.2) is 0 Å². The first-order valence-electron chi connectivity index (χ1n) is 6.81. The fraction of sp³-hybridized carbons (Fsp3) is 0.692. The number of carbonyl (C=O) groups excluding carboxylic acids is 1. The van der Waals surface area contributed by atoms with Gasteiger partial charge in [0.1, 0.15) is 12.4 Å². The molecule has 8 heteroatoms. The molecule has 1 aromatic rings. The molecule has 21 heavy (non-hydrogen) atoms. The molecule has 0 saturated carbocycles. The molecule has 1 amide bonds. The van der Waals surface area contributed by atoms with E-state index >= 15 is 0 Å². The van der Waals surface area contributed by atoms with Gasteiger partial charge in [-0.1, -0.05) is 20.8 Å². The maximum atomic E-state index is 11.9. The van der Waals surface area contributed by atoms with Crippen molar-refractivity contribution in [1.29, 1.82) is 0 Å². The number of nitrogens with zero attached hydrogens (tertiary/aromatic N) is 3. The van der Waals surface area contributed by atoms with Crippen LogP contribution < -0.4 is 5.32 Å². The molecule has 0 aliphatic carbocycles. The van der Waals surface area contributed by atoms with Gasteiger partial charge in [-0.3, -0.25) is 19.6 Å². The zero-order chi connectivity index (χ0) is 16.0. The van der Waals surface area contributed by atoms with Gasteiger partial charge in [0.25, 0.3) is 0 Å². The predicted molar refractivity (Wildman–Crippen MR) is 76.6 cm³/mol. The molecule has 0 aliphatic heterocycles. The summed E-state index contributed by atoms with van der Waals surface area (Å²) in [5.41, 5.74) is -0.244. The number of rotatable bonds is 7. The summed E-state index contributed by atoms with van der Waals surface area (Å²) in [6.07, 6.45) is 3.11. The van der Waals surface area contributed by atoms with Crippen molar-refractivity contribution in [1.82, 2.24) is 15.1 Å². The number of amides is 1. The SMILES string of the molecule is CC(C)(C)C(CCO)NC(=O)CCn1cc([N+](=O)[O-])cn1. The molecule has 8 nitrogen and oxygen atoms in total. The molecule has 0 spiro atoms. The number of nitro groups is 1. The van der Waals surface area contributed by atoms with Crippen LogP contribution in [0.2, 0.25) is 0 Å². The van der Waals surface area contributed by atoms with Crippen molar-refractivity contribution in [2.45, 2.75) is 46.2 Å². The minimum Gasteiger partial charge on any atom is -0.396 e. The van der Waals surface area contributed by atoms with Crippen LogP contribution in [0.25, 0.3) is 0 Å². The van der Waals surface area contributed by atoms with Crippen molar-refractivity contribution in [2.75, 3.05) is 6.61 Å². The highest BCUT2D eigenvalue weighted by molar-refractivity contribution is 5.76. The number of aliphatic hydroxyl groups excluding tert-OH is 1. The number of hydrogen-bond acceptors (Lipinski definition) is 5. The van der Waals surface area contributed by atoms with E-state index in [-0.39, 0.29) is 42.6 Å². The van der Waals surface area contributed by atoms with Crippen molar-refractivity contribution < 1.29 is 14.8 Å². The Hall–Kier alpha value is -1.96. The Kier molecular flexibility index (Phi) is 5.83. The number of carbonyl (C=O) groups is 1. The minimum atomic E-state index is -0.527. The maximum Gasteiger partial charge on any atom is 0.306 e. The number of aliphatic hydroxyl groups is 1. The largest absolute Gasteiger partial charge is 0.396 e. The van der Waals surface area contributed by atoms with Crippen molar-refractivity contribution in [3.8, 4) is 0 Å². The van der Waals surface area contributed by atoms with E-state index in [0.717, 1.165) is 6.20 Å². The van der Waals surface area contributed by atoms with E-state index in [1.807, 2.05) is 20.8 Å². The monoisotopic (exact) mass is 298 g/mol. The van der Waals surface area contributed by atoms with E-state index in [1.165, 1.54) is 10.9 Å². The van der Waals surface area contributed by atoms with Crippen LogP contribution in [0.1, 0.15) is 33.6 Å². The van der Waals surface area contributed by atoms with Crippen LogP contribution in [0.15, 0.2) is 12.4 Å². The fourth-order valence-corrected chi connectivity index (χ4v) is 1.90. The summed E-state index contributed by atoms with van der Waals surface area (Å²) >= 11 is 0. The Morgan fingerprint density at radius 3 is 2.71 bits per heavy atom. The zero-order valence-corrected chi connectivity index (χ0v) is 12.6. The second-order valence-corrected chi connectivity index (χ2v) is 5.97. The highest BCUT2D eigenvalue weighted by Gasteiger charge is 2.25. The standard InChI is InChI=1S/C13H22N4O4/c1-13(2,3)11(5-7-18)15-12(19)4-6-16-9-10(8-14-16)17(20)21/h8-9,11,18H,4-7H2,1-3H3,(H,15,19). The Morgan fingerprint density at radius 1 is 1.57 bits per heavy atom. The molecule has 0 aromatic carbocycles. The number of hydrogen-bond donors (Lipinski definition) is 2. The van der Waals surface area contributed by atoms with Gasteiger partial charge < -0.3 is 10.4 Å². The molecule has 0 saturated heterocycles. The van der Waals surface area contributed by atoms with Crippen LogP contribution in [-0.2, 0) is 11.3 Å². The normalized spacial score (nSPS) is 13.0. The molecule has 1 unspecified atom stereocenters. The topological polar surface area (TPSA) is 110 Å². The van der Waals surface area contributed by atoms with Crippen LogP contribution in [-0.4, -0.2) is 38.4 Å². The van der Waals surface area contributed by atoms with Gasteiger partial charge in [0.2, 0.25) is 5.91 Å². The van der Waals surface area contributed by atoms with E-state index < -0.39 is 4.92 Å². The summed E-state index contributed by atoms with van der Waals surface area (Å²) in [6.45, 7) is 6.25. The van der Waals surface area contributed by atoms with Gasteiger partial charge in [-0.2, -0.15) is 5.10 Å². The van der Waals surface area contributed by atoms with Crippen LogP contribution in [0.3, 0.4) is 0 Å². The first-order chi connectivity index (χ1) is 9.74. The van der Waals surface area contributed by atoms with Gasteiger partial charge in [-0.25, -0.2) is 0 Å². The molecule has 1 aromatic heterocycles. The van der Waals surface area contributed by atoms with Crippen LogP contribution in [0.4, 0.5) is 5.69 Å². The average molecular weight is 298 g/mol. The molecule has 0 fully saturated rings. The first-order valence-corrected chi connectivity index (χ1v) is 6.81. The molecule has 2 N–H and O–H groups in total. The van der Waals surface area contributed by atoms with E-state index in [9.17, 15) is 14.9 Å². The molecule has 1 atom stereocenters. The first kappa shape index (κ1) is 17.1. The van der Waals surface area contributed by atoms with Gasteiger partial charge in [0, 0.05) is 25.6 Å². The lowest BCUT2D eigenvalue weighted by Crippen LogP contribution is -2.44. The van der Waals surface area contributed by atoms with Crippen molar-refractivity contribution in [2.24, 2.45) is 5.41 Å². The summed E-state index contributed by atoms with van der Waals surface area (Å²) in [4.78, 5) is 21.9. The summed E-state index contributed by atoms with van der Waals surface area (Å²) in [7, 11) is 0. The van der Waals surface area contributed by atoms with Crippen molar-refractivity contribution >= 4 is 11.6 Å². The second-order valence-electron chi connectivity index (χ2n) is 5.97. The molecule has 1 heterocycles.